The van der Waals surface area contributed by atoms with E-state index in [4.69, 9.17) is 0 Å². The van der Waals surface area contributed by atoms with Gasteiger partial charge in [0.1, 0.15) is 5.92 Å². The van der Waals surface area contributed by atoms with Gasteiger partial charge < -0.3 is 5.32 Å². The van der Waals surface area contributed by atoms with Crippen molar-refractivity contribution in [3.63, 3.8) is 0 Å². The fraction of sp³-hybridized carbons (Fsp3) is 0.391. The van der Waals surface area contributed by atoms with E-state index in [0.717, 1.165) is 6.42 Å². The molecule has 1 N–H and O–H groups in total. The maximum atomic E-state index is 12.7. The maximum Gasteiger partial charge on any atom is 0.221 e. The topological polar surface area (TPSA) is 80.3 Å². The zero-order valence-corrected chi connectivity index (χ0v) is 17.9. The molecule has 1 aromatic carbocycles. The number of fused-ring (bicyclic) bond motifs is 1. The lowest BCUT2D eigenvalue weighted by Gasteiger charge is -2.08. The van der Waals surface area contributed by atoms with Crippen molar-refractivity contribution in [1.82, 2.24) is 0 Å². The summed E-state index contributed by atoms with van der Waals surface area (Å²) in [7, 11) is 0. The summed E-state index contributed by atoms with van der Waals surface area (Å²) >= 11 is 0. The van der Waals surface area contributed by atoms with E-state index < -0.39 is 23.3 Å². The van der Waals surface area contributed by atoms with Gasteiger partial charge in [-0.05, 0) is 19.4 Å². The van der Waals surface area contributed by atoms with Gasteiger partial charge in [-0.3, -0.25) is 19.2 Å². The van der Waals surface area contributed by atoms with E-state index in [2.05, 4.69) is 5.32 Å². The first-order valence-electron chi connectivity index (χ1n) is 9.78. The van der Waals surface area contributed by atoms with Gasteiger partial charge >= 0.3 is 0 Å². The Hall–Kier alpha value is -2.82. The molecular formula is C23H31NO4. The minimum Gasteiger partial charge on any atom is -0.326 e. The zero-order chi connectivity index (χ0) is 21.9. The van der Waals surface area contributed by atoms with Crippen LogP contribution in [-0.2, 0) is 9.59 Å². The number of ketones is 3. The van der Waals surface area contributed by atoms with Crippen molar-refractivity contribution in [1.29, 1.82) is 0 Å². The normalized spacial score (nSPS) is 15.2. The number of amides is 1. The van der Waals surface area contributed by atoms with Crippen LogP contribution >= 0.6 is 0 Å². The van der Waals surface area contributed by atoms with Crippen LogP contribution in [0.4, 0.5) is 5.69 Å². The quantitative estimate of drug-likeness (QED) is 0.430. The Morgan fingerprint density at radius 1 is 1.07 bits per heavy atom. The van der Waals surface area contributed by atoms with Crippen molar-refractivity contribution < 1.29 is 19.2 Å². The van der Waals surface area contributed by atoms with Crippen molar-refractivity contribution in [2.24, 2.45) is 5.92 Å². The lowest BCUT2D eigenvalue weighted by atomic mass is 9.92. The molecule has 1 aromatic rings. The highest BCUT2D eigenvalue weighted by atomic mass is 16.2. The molecule has 1 aliphatic carbocycles. The second kappa shape index (κ2) is 12.5. The number of allylic oxidation sites excluding steroid dienone is 4. The number of carbonyl (C=O) groups excluding carboxylic acids is 4. The number of anilines is 1. The average Bonchev–Trinajstić information content (AvgIpc) is 2.96. The number of hydrogen-bond acceptors (Lipinski definition) is 4. The minimum atomic E-state index is -1.37. The van der Waals surface area contributed by atoms with Crippen molar-refractivity contribution >= 4 is 28.9 Å². The van der Waals surface area contributed by atoms with Gasteiger partial charge in [0.2, 0.25) is 5.91 Å². The van der Waals surface area contributed by atoms with Gasteiger partial charge in [-0.2, -0.15) is 0 Å². The lowest BCUT2D eigenvalue weighted by Crippen LogP contribution is -2.26. The fourth-order valence-electron chi connectivity index (χ4n) is 2.71. The van der Waals surface area contributed by atoms with Crippen molar-refractivity contribution in [2.45, 2.75) is 54.9 Å². The van der Waals surface area contributed by atoms with Crippen molar-refractivity contribution in [3.8, 4) is 0 Å². The van der Waals surface area contributed by atoms with Gasteiger partial charge in [0.15, 0.2) is 17.3 Å². The van der Waals surface area contributed by atoms with Crippen molar-refractivity contribution in [2.75, 3.05) is 5.32 Å². The molecule has 152 valence electrons. The van der Waals surface area contributed by atoms with E-state index in [-0.39, 0.29) is 22.7 Å². The molecule has 5 heteroatoms. The molecule has 2 rings (SSSR count). The molecule has 0 spiro atoms. The number of hydrogen-bond donors (Lipinski definition) is 1. The first-order valence-corrected chi connectivity index (χ1v) is 9.78. The van der Waals surface area contributed by atoms with Crippen LogP contribution in [-0.4, -0.2) is 23.3 Å². The molecule has 28 heavy (non-hydrogen) atoms. The van der Waals surface area contributed by atoms with Crippen LogP contribution in [0, 0.1) is 5.92 Å². The molecule has 0 aromatic heterocycles. The van der Waals surface area contributed by atoms with E-state index in [1.165, 1.54) is 13.0 Å². The highest BCUT2D eigenvalue weighted by molar-refractivity contribution is 6.39. The molecule has 0 bridgehead atoms. The van der Waals surface area contributed by atoms with E-state index >= 15 is 0 Å². The summed E-state index contributed by atoms with van der Waals surface area (Å²) in [4.78, 5) is 49.2. The van der Waals surface area contributed by atoms with E-state index in [9.17, 15) is 19.2 Å². The number of benzene rings is 1. The standard InChI is InChI=1S/C19H19NO4.2C2H6/c1-4-6-8-12(5-2)17(22)16-18(23)13-9-7-10-14(20-11(3)21)15(13)19(16)24;2*1-2/h5-10,16H,4H2,1-3H3,(H,20,21);2*1-2H3/b8-6-,12-5+;;. The molecule has 0 fully saturated rings. The highest BCUT2D eigenvalue weighted by Gasteiger charge is 2.45. The SMILES string of the molecule is C/C=C(\C=C/CC)C(=O)C1C(=O)c2cccc(NC(C)=O)c2C1=O.CC.CC. The zero-order valence-electron chi connectivity index (χ0n) is 17.9. The van der Waals surface area contributed by atoms with Gasteiger partial charge in [0.05, 0.1) is 11.3 Å². The Labute approximate surface area is 167 Å². The Kier molecular flexibility index (Phi) is 11.3. The molecule has 0 saturated carbocycles. The third-order valence-electron chi connectivity index (χ3n) is 3.80. The molecule has 0 radical (unpaired) electrons. The third-order valence-corrected chi connectivity index (χ3v) is 3.80. The number of rotatable bonds is 5. The largest absolute Gasteiger partial charge is 0.326 e. The van der Waals surface area contributed by atoms with Crippen LogP contribution in [0.3, 0.4) is 0 Å². The van der Waals surface area contributed by atoms with Crippen LogP contribution in [0.1, 0.15) is 75.6 Å². The van der Waals surface area contributed by atoms with Crippen molar-refractivity contribution in [3.05, 3.63) is 53.1 Å². The van der Waals surface area contributed by atoms with Crippen LogP contribution in [0.15, 0.2) is 42.0 Å². The Morgan fingerprint density at radius 2 is 1.68 bits per heavy atom. The number of Topliss-reactive ketones (excluding diaryl/α,β-unsaturated/α-hetero) is 3. The fourth-order valence-corrected chi connectivity index (χ4v) is 2.71. The molecule has 1 unspecified atom stereocenters. The Balaban J connectivity index is 0.00000171. The van der Waals surface area contributed by atoms with Gasteiger partial charge in [0.25, 0.3) is 0 Å². The Bertz CT molecular complexity index is 788. The molecule has 0 heterocycles. The number of nitrogens with one attached hydrogen (secondary N) is 1. The molecule has 5 nitrogen and oxygen atoms in total. The predicted molar refractivity (Wildman–Crippen MR) is 114 cm³/mol. The van der Waals surface area contributed by atoms with Crippen LogP contribution < -0.4 is 5.32 Å². The summed E-state index contributed by atoms with van der Waals surface area (Å²) in [6.07, 6.45) is 5.75. The third kappa shape index (κ3) is 5.59. The summed E-state index contributed by atoms with van der Waals surface area (Å²) in [5, 5.41) is 2.54. The van der Waals surface area contributed by atoms with Crippen LogP contribution in [0.25, 0.3) is 0 Å². The summed E-state index contributed by atoms with van der Waals surface area (Å²) in [6.45, 7) is 12.9. The minimum absolute atomic E-state index is 0.117. The van der Waals surface area contributed by atoms with E-state index in [1.54, 1.807) is 37.3 Å². The number of carbonyl (C=O) groups is 4. The summed E-state index contributed by atoms with van der Waals surface area (Å²) in [5.41, 5.74) is 0.891. The van der Waals surface area contributed by atoms with E-state index in [1.807, 2.05) is 34.6 Å². The Morgan fingerprint density at radius 3 is 2.18 bits per heavy atom. The second-order valence-corrected chi connectivity index (χ2v) is 5.49. The average molecular weight is 386 g/mol. The summed E-state index contributed by atoms with van der Waals surface area (Å²) in [6, 6.07) is 4.63. The molecule has 0 aliphatic heterocycles. The first kappa shape index (κ1) is 25.2. The summed E-state index contributed by atoms with van der Waals surface area (Å²) in [5.74, 6) is -3.31. The second-order valence-electron chi connectivity index (χ2n) is 5.49. The molecule has 1 aliphatic rings. The first-order chi connectivity index (χ1) is 13.4. The summed E-state index contributed by atoms with van der Waals surface area (Å²) < 4.78 is 0. The van der Waals surface area contributed by atoms with Gasteiger partial charge in [-0.1, -0.05) is 65.0 Å². The van der Waals surface area contributed by atoms with E-state index in [0.29, 0.717) is 5.57 Å². The van der Waals surface area contributed by atoms with Gasteiger partial charge in [-0.15, -0.1) is 0 Å². The van der Waals surface area contributed by atoms with Crippen LogP contribution in [0.2, 0.25) is 0 Å². The lowest BCUT2D eigenvalue weighted by molar-refractivity contribution is -0.116. The predicted octanol–water partition coefficient (Wildman–Crippen LogP) is 5.17. The van der Waals surface area contributed by atoms with Gasteiger partial charge in [0, 0.05) is 18.1 Å². The highest BCUT2D eigenvalue weighted by Crippen LogP contribution is 2.34. The molecular weight excluding hydrogens is 354 g/mol. The molecule has 1 amide bonds. The van der Waals surface area contributed by atoms with Crippen LogP contribution in [0.5, 0.6) is 0 Å². The van der Waals surface area contributed by atoms with Gasteiger partial charge in [-0.25, -0.2) is 0 Å². The monoisotopic (exact) mass is 385 g/mol. The maximum absolute atomic E-state index is 12.7. The molecule has 1 atom stereocenters. The molecule has 0 saturated heterocycles. The smallest absolute Gasteiger partial charge is 0.221 e.